The molecule has 16 nitrogen and oxygen atoms in total. The van der Waals surface area contributed by atoms with Crippen molar-refractivity contribution in [1.29, 1.82) is 5.26 Å². The van der Waals surface area contributed by atoms with E-state index in [1.54, 1.807) is 6.07 Å². The Hall–Kier alpha value is -3.39. The number of nitriles is 1. The molecule has 2 fully saturated rings. The summed E-state index contributed by atoms with van der Waals surface area (Å²) in [5, 5.41) is 21.3. The summed E-state index contributed by atoms with van der Waals surface area (Å²) in [7, 11) is -4.96. The zero-order chi connectivity index (χ0) is 32.6. The Balaban J connectivity index is 1.76. The number of phosphoric ester groups is 1. The van der Waals surface area contributed by atoms with Crippen molar-refractivity contribution in [1.82, 2.24) is 9.55 Å². The van der Waals surface area contributed by atoms with E-state index in [0.717, 1.165) is 16.8 Å². The van der Waals surface area contributed by atoms with Crippen LogP contribution in [-0.2, 0) is 42.1 Å². The molecule has 45 heavy (non-hydrogen) atoms. The smallest absolute Gasteiger partial charge is 0.463 e. The Morgan fingerprint density at radius 2 is 2.04 bits per heavy atom. The molecular formula is C27H31ClN3O13P. The minimum absolute atomic E-state index is 0.000598. The first-order chi connectivity index (χ1) is 21.4. The number of hydrogen-bond donors (Lipinski definition) is 2. The highest BCUT2D eigenvalue weighted by atomic mass is 35.5. The first-order valence-electron chi connectivity index (χ1n) is 13.8. The third-order valence-corrected chi connectivity index (χ3v) is 8.34. The predicted molar refractivity (Wildman–Crippen MR) is 152 cm³/mol. The fourth-order valence-electron chi connectivity index (χ4n) is 4.43. The van der Waals surface area contributed by atoms with Crippen molar-refractivity contribution >= 4 is 31.2 Å². The molecule has 2 unspecified atom stereocenters. The molecule has 2 N–H and O–H groups in total. The fourth-order valence-corrected chi connectivity index (χ4v) is 6.09. The van der Waals surface area contributed by atoms with Gasteiger partial charge in [-0.25, -0.2) is 13.9 Å². The van der Waals surface area contributed by atoms with Crippen LogP contribution >= 0.6 is 19.4 Å². The number of esters is 1. The van der Waals surface area contributed by atoms with Gasteiger partial charge in [0, 0.05) is 31.7 Å². The van der Waals surface area contributed by atoms with Crippen LogP contribution < -0.4 is 15.8 Å². The summed E-state index contributed by atoms with van der Waals surface area (Å²) in [6, 6.07) is 8.69. The second-order valence-electron chi connectivity index (χ2n) is 9.97. The number of hydrogen-bond acceptors (Lipinski definition) is 14. The Kier molecular flexibility index (Phi) is 11.7. The van der Waals surface area contributed by atoms with E-state index in [1.807, 2.05) is 6.07 Å². The van der Waals surface area contributed by atoms with Gasteiger partial charge in [-0.2, -0.15) is 5.26 Å². The lowest BCUT2D eigenvalue weighted by molar-refractivity contribution is -0.267. The number of halogens is 1. The van der Waals surface area contributed by atoms with E-state index in [-0.39, 0.29) is 35.8 Å². The summed E-state index contributed by atoms with van der Waals surface area (Å²) < 4.78 is 54.5. The fraction of sp³-hybridized carbons (Fsp3) is 0.519. The average Bonchev–Trinajstić information content (AvgIpc) is 3.59. The van der Waals surface area contributed by atoms with E-state index in [9.17, 15) is 28.8 Å². The predicted octanol–water partition coefficient (Wildman–Crippen LogP) is 2.34. The number of H-pyrrole nitrogens is 1. The zero-order valence-electron chi connectivity index (χ0n) is 24.0. The van der Waals surface area contributed by atoms with Gasteiger partial charge in [0.1, 0.15) is 18.1 Å². The molecule has 3 heterocycles. The number of aliphatic hydroxyl groups is 1. The van der Waals surface area contributed by atoms with Crippen LogP contribution in [0, 0.1) is 11.3 Å². The standard InChI is InChI=1S/C27H31ClN3O13P/c1-17(32)9-10-22(34)39-16-20-27(36,44-45(37,40-15-5-12-29)43-19-7-3-2-6-18(19)28)24(42-23-8-4-14-38-23)25(41-20)31-13-11-21(33)30-26(31)35/h2-3,6-7,11,13,20,23-25,36H,4-5,8-10,14-16H2,1H3,(H,30,33,35)/t20-,23?,24+,25-,27-,45?/m1/s1. The molecule has 18 heteroatoms. The molecule has 0 radical (unpaired) electrons. The highest BCUT2D eigenvalue weighted by Crippen LogP contribution is 2.57. The Morgan fingerprint density at radius 3 is 2.71 bits per heavy atom. The first-order valence-corrected chi connectivity index (χ1v) is 15.7. The maximum atomic E-state index is 14.2. The van der Waals surface area contributed by atoms with Crippen LogP contribution in [0.1, 0.15) is 45.3 Å². The van der Waals surface area contributed by atoms with Crippen molar-refractivity contribution in [3.05, 3.63) is 62.4 Å². The molecule has 0 aliphatic carbocycles. The topological polar surface area (TPSA) is 215 Å². The number of para-hydroxylation sites is 1. The van der Waals surface area contributed by atoms with Crippen LogP contribution in [-0.4, -0.2) is 70.5 Å². The maximum Gasteiger partial charge on any atom is 0.532 e. The molecule has 2 saturated heterocycles. The summed E-state index contributed by atoms with van der Waals surface area (Å²) in [6.45, 7) is 0.378. The molecule has 1 aromatic carbocycles. The van der Waals surface area contributed by atoms with Crippen molar-refractivity contribution in [3.8, 4) is 11.8 Å². The van der Waals surface area contributed by atoms with E-state index in [4.69, 9.17) is 49.4 Å². The van der Waals surface area contributed by atoms with Crippen LogP contribution in [0.4, 0.5) is 0 Å². The molecule has 1 aromatic heterocycles. The number of Topliss-reactive ketones (excluding diaryl/α,β-unsaturated/α-hetero) is 1. The molecule has 0 saturated carbocycles. The van der Waals surface area contributed by atoms with E-state index in [1.165, 1.54) is 25.1 Å². The van der Waals surface area contributed by atoms with Crippen molar-refractivity contribution < 1.29 is 51.8 Å². The van der Waals surface area contributed by atoms with Crippen LogP contribution in [0.3, 0.4) is 0 Å². The lowest BCUT2D eigenvalue weighted by Gasteiger charge is -2.35. The molecule has 2 aliphatic heterocycles. The molecular weight excluding hydrogens is 641 g/mol. The van der Waals surface area contributed by atoms with Crippen LogP contribution in [0.2, 0.25) is 5.02 Å². The van der Waals surface area contributed by atoms with Gasteiger partial charge in [0.25, 0.3) is 5.56 Å². The molecule has 0 spiro atoms. The zero-order valence-corrected chi connectivity index (χ0v) is 25.6. The van der Waals surface area contributed by atoms with Gasteiger partial charge >= 0.3 is 19.5 Å². The van der Waals surface area contributed by atoms with Gasteiger partial charge in [-0.15, -0.1) is 0 Å². The highest BCUT2D eigenvalue weighted by molar-refractivity contribution is 7.49. The lowest BCUT2D eigenvalue weighted by Crippen LogP contribution is -2.54. The van der Waals surface area contributed by atoms with Crippen molar-refractivity contribution in [2.45, 2.75) is 69.5 Å². The molecule has 244 valence electrons. The number of carbonyl (C=O) groups excluding carboxylic acids is 2. The Labute approximate surface area is 261 Å². The van der Waals surface area contributed by atoms with Gasteiger partial charge < -0.3 is 33.4 Å². The number of rotatable bonds is 15. The minimum Gasteiger partial charge on any atom is -0.463 e. The average molecular weight is 672 g/mol. The number of aromatic nitrogens is 2. The summed E-state index contributed by atoms with van der Waals surface area (Å²) in [4.78, 5) is 50.4. The molecule has 6 atom stereocenters. The monoisotopic (exact) mass is 671 g/mol. The number of ketones is 1. The number of benzene rings is 1. The SMILES string of the molecule is CC(=O)CCC(=O)OC[C@H]1O[C@@H](n2ccc(=O)[nH]c2=O)[C@H](OC2CCCO2)[C@]1(O)OP(=O)(OCCC#N)Oc1ccccc1Cl. The summed E-state index contributed by atoms with van der Waals surface area (Å²) >= 11 is 6.20. The van der Waals surface area contributed by atoms with E-state index >= 15 is 0 Å². The van der Waals surface area contributed by atoms with Crippen LogP contribution in [0.25, 0.3) is 0 Å². The summed E-state index contributed by atoms with van der Waals surface area (Å²) in [5.41, 5.74) is -1.69. The third kappa shape index (κ3) is 8.87. The van der Waals surface area contributed by atoms with Gasteiger partial charge in [0.15, 0.2) is 24.7 Å². The van der Waals surface area contributed by atoms with E-state index in [0.29, 0.717) is 19.4 Å². The van der Waals surface area contributed by atoms with E-state index in [2.05, 4.69) is 4.98 Å². The minimum atomic E-state index is -4.96. The number of ether oxygens (including phenoxy) is 4. The van der Waals surface area contributed by atoms with Crippen molar-refractivity contribution in [3.63, 3.8) is 0 Å². The molecule has 2 aliphatic rings. The number of nitrogens with zero attached hydrogens (tertiary/aromatic N) is 2. The molecule has 0 amide bonds. The molecule has 0 bridgehead atoms. The molecule has 4 rings (SSSR count). The first kappa shape index (κ1) is 34.5. The van der Waals surface area contributed by atoms with Gasteiger partial charge in [-0.1, -0.05) is 23.7 Å². The number of phosphoric acid groups is 1. The number of nitrogens with one attached hydrogen (secondary N) is 1. The summed E-state index contributed by atoms with van der Waals surface area (Å²) in [6.07, 6.45) is -4.67. The summed E-state index contributed by atoms with van der Waals surface area (Å²) in [5.74, 6) is -4.15. The van der Waals surface area contributed by atoms with Gasteiger partial charge in [-0.05, 0) is 25.5 Å². The third-order valence-electron chi connectivity index (χ3n) is 6.59. The van der Waals surface area contributed by atoms with Crippen molar-refractivity contribution in [2.75, 3.05) is 19.8 Å². The van der Waals surface area contributed by atoms with Crippen molar-refractivity contribution in [2.24, 2.45) is 0 Å². The van der Waals surface area contributed by atoms with Gasteiger partial charge in [0.2, 0.25) is 5.79 Å². The lowest BCUT2D eigenvalue weighted by atomic mass is 10.1. The van der Waals surface area contributed by atoms with E-state index < -0.39 is 68.8 Å². The number of aromatic amines is 1. The molecule has 2 aromatic rings. The van der Waals surface area contributed by atoms with Crippen LogP contribution in [0.15, 0.2) is 46.1 Å². The Morgan fingerprint density at radius 1 is 1.27 bits per heavy atom. The second-order valence-corrected chi connectivity index (χ2v) is 11.9. The van der Waals surface area contributed by atoms with Gasteiger partial charge in [0.05, 0.1) is 30.5 Å². The van der Waals surface area contributed by atoms with Crippen LogP contribution in [0.5, 0.6) is 5.75 Å². The van der Waals surface area contributed by atoms with Gasteiger partial charge in [-0.3, -0.25) is 23.7 Å². The second kappa shape index (κ2) is 15.3. The normalized spacial score (nSPS) is 25.7. The quantitative estimate of drug-likeness (QED) is 0.120. The largest absolute Gasteiger partial charge is 0.532 e. The highest BCUT2D eigenvalue weighted by Gasteiger charge is 2.64. The Bertz CT molecular complexity index is 1570. The maximum absolute atomic E-state index is 14.2. The number of carbonyl (C=O) groups is 2.